The molecule has 98 valence electrons. The molecule has 0 spiro atoms. The highest BCUT2D eigenvalue weighted by molar-refractivity contribution is 5.81. The second-order valence-electron chi connectivity index (χ2n) is 4.77. The summed E-state index contributed by atoms with van der Waals surface area (Å²) in [5.41, 5.74) is 0. The Morgan fingerprint density at radius 1 is 1.35 bits per heavy atom. The quantitative estimate of drug-likeness (QED) is 0.757. The van der Waals surface area contributed by atoms with Crippen LogP contribution in [0.4, 0.5) is 0 Å². The minimum atomic E-state index is -0.322. The van der Waals surface area contributed by atoms with Gasteiger partial charge in [0.2, 0.25) is 0 Å². The number of hydrogen-bond acceptors (Lipinski definition) is 4. The molecule has 0 aromatic carbocycles. The maximum Gasteiger partial charge on any atom is 0.252 e. The van der Waals surface area contributed by atoms with Gasteiger partial charge in [-0.15, -0.1) is 0 Å². The molecule has 2 heterocycles. The van der Waals surface area contributed by atoms with Crippen LogP contribution < -0.4 is 5.32 Å². The fraction of sp³-hybridized carbons (Fsp3) is 0.917. The minimum Gasteiger partial charge on any atom is -0.376 e. The smallest absolute Gasteiger partial charge is 0.252 e. The number of nitrogens with zero attached hydrogens (tertiary/aromatic N) is 1. The van der Waals surface area contributed by atoms with Crippen molar-refractivity contribution in [3.8, 4) is 0 Å². The summed E-state index contributed by atoms with van der Waals surface area (Å²) in [6.45, 7) is 3.57. The largest absolute Gasteiger partial charge is 0.376 e. The van der Waals surface area contributed by atoms with Gasteiger partial charge in [0.25, 0.3) is 5.91 Å². The number of morpholine rings is 1. The number of rotatable bonds is 3. The first-order valence-electron chi connectivity index (χ1n) is 6.46. The normalized spacial score (nSPS) is 29.9. The van der Waals surface area contributed by atoms with Crippen LogP contribution in [0, 0.1) is 0 Å². The van der Waals surface area contributed by atoms with Gasteiger partial charge in [-0.3, -0.25) is 4.79 Å². The summed E-state index contributed by atoms with van der Waals surface area (Å²) in [6, 6.07) is 0. The summed E-state index contributed by atoms with van der Waals surface area (Å²) < 4.78 is 11.1. The Balaban J connectivity index is 1.77. The Hall–Kier alpha value is -0.650. The lowest BCUT2D eigenvalue weighted by Gasteiger charge is -2.31. The van der Waals surface area contributed by atoms with E-state index in [9.17, 15) is 4.79 Å². The monoisotopic (exact) mass is 242 g/mol. The molecule has 2 aliphatic heterocycles. The molecule has 0 radical (unpaired) electrons. The molecule has 17 heavy (non-hydrogen) atoms. The van der Waals surface area contributed by atoms with E-state index < -0.39 is 0 Å². The lowest BCUT2D eigenvalue weighted by Crippen LogP contribution is -2.50. The fourth-order valence-electron chi connectivity index (χ4n) is 2.32. The van der Waals surface area contributed by atoms with Crippen LogP contribution in [0.25, 0.3) is 0 Å². The molecule has 2 unspecified atom stereocenters. The lowest BCUT2D eigenvalue weighted by atomic mass is 10.1. The van der Waals surface area contributed by atoms with Gasteiger partial charge in [-0.2, -0.15) is 0 Å². The molecule has 0 aromatic heterocycles. The molecule has 2 fully saturated rings. The molecule has 1 amide bonds. The summed E-state index contributed by atoms with van der Waals surface area (Å²) >= 11 is 0. The maximum atomic E-state index is 12.1. The van der Waals surface area contributed by atoms with Crippen molar-refractivity contribution in [3.05, 3.63) is 0 Å². The van der Waals surface area contributed by atoms with Gasteiger partial charge in [0.1, 0.15) is 6.10 Å². The van der Waals surface area contributed by atoms with Gasteiger partial charge in [0.15, 0.2) is 0 Å². The second-order valence-corrected chi connectivity index (χ2v) is 4.77. The summed E-state index contributed by atoms with van der Waals surface area (Å²) in [4.78, 5) is 13.8. The van der Waals surface area contributed by atoms with Crippen molar-refractivity contribution in [2.45, 2.75) is 31.5 Å². The van der Waals surface area contributed by atoms with Crippen LogP contribution in [0.1, 0.15) is 19.3 Å². The predicted molar refractivity (Wildman–Crippen MR) is 63.8 cm³/mol. The van der Waals surface area contributed by atoms with Gasteiger partial charge in [-0.25, -0.2) is 0 Å². The number of carbonyl (C=O) groups excluding carboxylic acids is 1. The van der Waals surface area contributed by atoms with E-state index in [1.807, 2.05) is 7.05 Å². The number of likely N-dealkylation sites (N-methyl/N-ethyl adjacent to an activating group) is 1. The van der Waals surface area contributed by atoms with Crippen LogP contribution in [0.3, 0.4) is 0 Å². The van der Waals surface area contributed by atoms with Gasteiger partial charge < -0.3 is 19.7 Å². The third-order valence-corrected chi connectivity index (χ3v) is 3.33. The first-order valence-corrected chi connectivity index (χ1v) is 6.46. The van der Waals surface area contributed by atoms with Crippen molar-refractivity contribution in [1.82, 2.24) is 10.2 Å². The molecular formula is C12H22N2O3. The fourth-order valence-corrected chi connectivity index (χ4v) is 2.32. The van der Waals surface area contributed by atoms with Gasteiger partial charge in [-0.1, -0.05) is 0 Å². The predicted octanol–water partition coefficient (Wildman–Crippen LogP) is 0.00230. The summed E-state index contributed by atoms with van der Waals surface area (Å²) in [6.07, 6.45) is 3.28. The molecule has 0 saturated carbocycles. The molecule has 5 nitrogen and oxygen atoms in total. The van der Waals surface area contributed by atoms with Crippen molar-refractivity contribution >= 4 is 5.91 Å². The van der Waals surface area contributed by atoms with Crippen LogP contribution in [-0.4, -0.2) is 62.9 Å². The highest BCUT2D eigenvalue weighted by Gasteiger charge is 2.26. The Morgan fingerprint density at radius 3 is 2.88 bits per heavy atom. The number of carbonyl (C=O) groups is 1. The number of amides is 1. The van der Waals surface area contributed by atoms with E-state index in [1.54, 1.807) is 4.90 Å². The third-order valence-electron chi connectivity index (χ3n) is 3.33. The van der Waals surface area contributed by atoms with E-state index in [-0.39, 0.29) is 18.1 Å². The third kappa shape index (κ3) is 3.66. The topological polar surface area (TPSA) is 50.8 Å². The average Bonchev–Trinajstić information content (AvgIpc) is 2.40. The molecule has 5 heteroatoms. The molecule has 2 rings (SSSR count). The van der Waals surface area contributed by atoms with Crippen LogP contribution in [0.5, 0.6) is 0 Å². The van der Waals surface area contributed by atoms with Crippen molar-refractivity contribution in [3.63, 3.8) is 0 Å². The van der Waals surface area contributed by atoms with E-state index in [1.165, 1.54) is 6.42 Å². The average molecular weight is 242 g/mol. The van der Waals surface area contributed by atoms with E-state index in [2.05, 4.69) is 5.32 Å². The second kappa shape index (κ2) is 6.33. The summed E-state index contributed by atoms with van der Waals surface area (Å²) in [7, 11) is 1.83. The van der Waals surface area contributed by atoms with Crippen LogP contribution in [0.15, 0.2) is 0 Å². The number of nitrogens with one attached hydrogen (secondary N) is 1. The minimum absolute atomic E-state index is 0.0615. The highest BCUT2D eigenvalue weighted by Crippen LogP contribution is 2.14. The van der Waals surface area contributed by atoms with Crippen LogP contribution in [0.2, 0.25) is 0 Å². The van der Waals surface area contributed by atoms with Crippen molar-refractivity contribution in [1.29, 1.82) is 0 Å². The van der Waals surface area contributed by atoms with E-state index in [4.69, 9.17) is 9.47 Å². The van der Waals surface area contributed by atoms with E-state index in [0.717, 1.165) is 26.0 Å². The van der Waals surface area contributed by atoms with E-state index in [0.29, 0.717) is 19.7 Å². The van der Waals surface area contributed by atoms with Gasteiger partial charge in [-0.05, 0) is 19.3 Å². The number of ether oxygens (including phenoxy) is 2. The summed E-state index contributed by atoms with van der Waals surface area (Å²) in [5.74, 6) is 0.0615. The van der Waals surface area contributed by atoms with Crippen molar-refractivity contribution in [2.75, 3.05) is 39.9 Å². The van der Waals surface area contributed by atoms with Crippen molar-refractivity contribution in [2.24, 2.45) is 0 Å². The van der Waals surface area contributed by atoms with Crippen molar-refractivity contribution < 1.29 is 14.3 Å². The van der Waals surface area contributed by atoms with Gasteiger partial charge in [0.05, 0.1) is 12.7 Å². The maximum absolute atomic E-state index is 12.1. The van der Waals surface area contributed by atoms with E-state index >= 15 is 0 Å². The zero-order chi connectivity index (χ0) is 12.1. The van der Waals surface area contributed by atoms with Gasteiger partial charge in [0, 0.05) is 33.3 Å². The lowest BCUT2D eigenvalue weighted by molar-refractivity contribution is -0.146. The number of hydrogen-bond donors (Lipinski definition) is 1. The molecular weight excluding hydrogens is 220 g/mol. The van der Waals surface area contributed by atoms with Crippen LogP contribution >= 0.6 is 0 Å². The first kappa shape index (κ1) is 12.8. The highest BCUT2D eigenvalue weighted by atomic mass is 16.5. The van der Waals surface area contributed by atoms with Crippen LogP contribution in [-0.2, 0) is 14.3 Å². The standard InChI is InChI=1S/C12H22N2O3/c1-14(9-10-4-2-3-6-16-10)12(15)11-8-13-5-7-17-11/h10-11,13H,2-9H2,1H3. The molecule has 2 atom stereocenters. The Bertz CT molecular complexity index is 248. The Kier molecular flexibility index (Phi) is 4.76. The molecule has 2 saturated heterocycles. The molecule has 0 bridgehead atoms. The first-order chi connectivity index (χ1) is 8.27. The Morgan fingerprint density at radius 2 is 2.24 bits per heavy atom. The zero-order valence-corrected chi connectivity index (χ0v) is 10.5. The summed E-state index contributed by atoms with van der Waals surface area (Å²) in [5, 5.41) is 3.17. The molecule has 2 aliphatic rings. The molecule has 0 aromatic rings. The Labute approximate surface area is 102 Å². The molecule has 1 N–H and O–H groups in total. The molecule has 0 aliphatic carbocycles. The van der Waals surface area contributed by atoms with Gasteiger partial charge >= 0.3 is 0 Å². The zero-order valence-electron chi connectivity index (χ0n) is 10.5. The SMILES string of the molecule is CN(CC1CCCCO1)C(=O)C1CNCCO1.